The Kier molecular flexibility index (Phi) is 5.61. The van der Waals surface area contributed by atoms with Crippen LogP contribution in [0.3, 0.4) is 0 Å². The number of amides is 1. The second-order valence-corrected chi connectivity index (χ2v) is 8.59. The van der Waals surface area contributed by atoms with Gasteiger partial charge in [-0.25, -0.2) is 4.98 Å². The molecule has 4 rings (SSSR count). The molecule has 0 bridgehead atoms. The summed E-state index contributed by atoms with van der Waals surface area (Å²) in [4.78, 5) is 22.5. The molecule has 0 saturated carbocycles. The van der Waals surface area contributed by atoms with E-state index in [1.807, 2.05) is 49.8 Å². The lowest BCUT2D eigenvalue weighted by Gasteiger charge is -2.20. The van der Waals surface area contributed by atoms with E-state index in [0.29, 0.717) is 30.6 Å². The summed E-state index contributed by atoms with van der Waals surface area (Å²) in [6.45, 7) is 2.39. The zero-order valence-corrected chi connectivity index (χ0v) is 17.4. The second-order valence-electron chi connectivity index (χ2n) is 6.60. The van der Waals surface area contributed by atoms with Crippen molar-refractivity contribution in [1.29, 1.82) is 0 Å². The quantitative estimate of drug-likeness (QED) is 0.574. The highest BCUT2D eigenvalue weighted by atomic mass is 32.1. The van der Waals surface area contributed by atoms with Gasteiger partial charge in [-0.15, -0.1) is 11.3 Å². The Balaban J connectivity index is 1.64. The van der Waals surface area contributed by atoms with Crippen molar-refractivity contribution in [1.82, 2.24) is 9.88 Å². The number of benzene rings is 1. The van der Waals surface area contributed by atoms with Crippen LogP contribution in [-0.4, -0.2) is 56.2 Å². The van der Waals surface area contributed by atoms with Gasteiger partial charge in [0.15, 0.2) is 16.6 Å². The van der Waals surface area contributed by atoms with Gasteiger partial charge in [-0.3, -0.25) is 9.69 Å². The molecule has 0 N–H and O–H groups in total. The highest BCUT2D eigenvalue weighted by Gasteiger charge is 2.20. The first kappa shape index (κ1) is 18.9. The maximum Gasteiger partial charge on any atom is 0.252 e. The Morgan fingerprint density at radius 1 is 1.21 bits per heavy atom. The van der Waals surface area contributed by atoms with Gasteiger partial charge in [-0.2, -0.15) is 0 Å². The van der Waals surface area contributed by atoms with E-state index in [0.717, 1.165) is 27.4 Å². The number of nitrogens with zero attached hydrogens (tertiary/aromatic N) is 3. The maximum absolute atomic E-state index is 12.9. The minimum Gasteiger partial charge on any atom is -0.486 e. The molecule has 146 valence electrons. The minimum atomic E-state index is -0.0773. The monoisotopic (exact) mass is 415 g/mol. The molecule has 0 aliphatic carbocycles. The molecule has 0 radical (unpaired) electrons. The third-order valence-corrected chi connectivity index (χ3v) is 6.12. The van der Waals surface area contributed by atoms with Crippen molar-refractivity contribution in [2.24, 2.45) is 0 Å². The summed E-state index contributed by atoms with van der Waals surface area (Å²) >= 11 is 3.09. The zero-order valence-electron chi connectivity index (χ0n) is 15.8. The van der Waals surface area contributed by atoms with Crippen molar-refractivity contribution in [3.63, 3.8) is 0 Å². The lowest BCUT2D eigenvalue weighted by molar-refractivity contribution is -0.114. The third kappa shape index (κ3) is 4.19. The van der Waals surface area contributed by atoms with Crippen molar-refractivity contribution in [3.8, 4) is 11.5 Å². The molecule has 6 nitrogen and oxygen atoms in total. The lowest BCUT2D eigenvalue weighted by atomic mass is 10.3. The number of ether oxygens (including phenoxy) is 2. The summed E-state index contributed by atoms with van der Waals surface area (Å²) in [5.41, 5.74) is 0.814. The second kappa shape index (κ2) is 8.30. The number of likely N-dealkylation sites (N-methyl/N-ethyl adjacent to an activating group) is 1. The normalized spacial score (nSPS) is 13.5. The first-order chi connectivity index (χ1) is 13.6. The van der Waals surface area contributed by atoms with E-state index < -0.39 is 0 Å². The van der Waals surface area contributed by atoms with E-state index >= 15 is 0 Å². The smallest absolute Gasteiger partial charge is 0.252 e. The Morgan fingerprint density at radius 3 is 2.71 bits per heavy atom. The van der Waals surface area contributed by atoms with Gasteiger partial charge in [-0.1, -0.05) is 17.4 Å². The van der Waals surface area contributed by atoms with Gasteiger partial charge in [0, 0.05) is 36.2 Å². The molecular weight excluding hydrogens is 394 g/mol. The summed E-state index contributed by atoms with van der Waals surface area (Å²) < 4.78 is 12.3. The van der Waals surface area contributed by atoms with Crippen molar-refractivity contribution in [2.75, 3.05) is 45.3 Å². The van der Waals surface area contributed by atoms with Crippen LogP contribution in [0.5, 0.6) is 11.5 Å². The Labute approximate surface area is 171 Å². The highest BCUT2D eigenvalue weighted by Crippen LogP contribution is 2.38. The molecule has 0 fully saturated rings. The van der Waals surface area contributed by atoms with Crippen LogP contribution < -0.4 is 14.4 Å². The summed E-state index contributed by atoms with van der Waals surface area (Å²) in [5, 5.41) is 2.67. The zero-order chi connectivity index (χ0) is 19.5. The number of thiophene rings is 1. The van der Waals surface area contributed by atoms with Gasteiger partial charge in [0.2, 0.25) is 0 Å². The van der Waals surface area contributed by atoms with Gasteiger partial charge >= 0.3 is 0 Å². The Morgan fingerprint density at radius 2 is 2.00 bits per heavy atom. The minimum absolute atomic E-state index is 0.0773. The summed E-state index contributed by atoms with van der Waals surface area (Å²) in [5.74, 6) is 1.36. The number of anilines is 1. The van der Waals surface area contributed by atoms with Crippen molar-refractivity contribution < 1.29 is 14.3 Å². The van der Waals surface area contributed by atoms with Crippen molar-refractivity contribution in [3.05, 3.63) is 40.6 Å². The van der Waals surface area contributed by atoms with E-state index in [1.54, 1.807) is 22.3 Å². The molecule has 3 heterocycles. The number of aromatic nitrogens is 1. The fourth-order valence-electron chi connectivity index (χ4n) is 2.80. The van der Waals surface area contributed by atoms with Crippen molar-refractivity contribution in [2.45, 2.75) is 0 Å². The summed E-state index contributed by atoms with van der Waals surface area (Å²) in [6, 6.07) is 7.79. The number of carbonyl (C=O) groups is 1. The number of thiazole rings is 1. The first-order valence-electron chi connectivity index (χ1n) is 8.98. The van der Waals surface area contributed by atoms with Crippen LogP contribution in [-0.2, 0) is 4.79 Å². The van der Waals surface area contributed by atoms with Crippen LogP contribution in [0, 0.1) is 0 Å². The number of carbonyl (C=O) groups excluding carboxylic acids is 1. The van der Waals surface area contributed by atoms with E-state index in [-0.39, 0.29) is 5.91 Å². The summed E-state index contributed by atoms with van der Waals surface area (Å²) in [7, 11) is 3.98. The number of hydrogen-bond acceptors (Lipinski definition) is 7. The fraction of sp³-hybridized carbons (Fsp3) is 0.300. The molecule has 8 heteroatoms. The van der Waals surface area contributed by atoms with Gasteiger partial charge in [0.25, 0.3) is 5.91 Å². The molecule has 1 aromatic carbocycles. The predicted molar refractivity (Wildman–Crippen MR) is 115 cm³/mol. The van der Waals surface area contributed by atoms with Gasteiger partial charge in [-0.05, 0) is 31.6 Å². The van der Waals surface area contributed by atoms with E-state index in [4.69, 9.17) is 14.5 Å². The molecule has 3 aromatic rings. The molecule has 1 aliphatic rings. The first-order valence-corrected chi connectivity index (χ1v) is 10.7. The van der Waals surface area contributed by atoms with Crippen molar-refractivity contribution >= 4 is 50.0 Å². The third-order valence-electron chi connectivity index (χ3n) is 4.24. The van der Waals surface area contributed by atoms with Crippen LogP contribution in [0.2, 0.25) is 0 Å². The van der Waals surface area contributed by atoms with Crippen LogP contribution in [0.4, 0.5) is 5.13 Å². The molecule has 1 amide bonds. The molecule has 0 spiro atoms. The molecule has 2 aromatic heterocycles. The van der Waals surface area contributed by atoms with Crippen LogP contribution >= 0.6 is 22.7 Å². The van der Waals surface area contributed by atoms with E-state index in [9.17, 15) is 4.79 Å². The van der Waals surface area contributed by atoms with Crippen LogP contribution in [0.15, 0.2) is 35.7 Å². The highest BCUT2D eigenvalue weighted by molar-refractivity contribution is 7.22. The average molecular weight is 416 g/mol. The Bertz CT molecular complexity index is 953. The molecule has 0 unspecified atom stereocenters. The maximum atomic E-state index is 12.9. The SMILES string of the molecule is CN(C)CCN(C(=O)/C=C/c1cccs1)c1nc2cc3c(cc2s1)OCCO3. The average Bonchev–Trinajstić information content (AvgIpc) is 3.33. The molecule has 1 aliphatic heterocycles. The standard InChI is InChI=1S/C20H21N3O3S2/c1-22(2)7-8-23(19(24)6-5-14-4-3-11-27-14)20-21-15-12-16-17(13-18(15)28-20)26-10-9-25-16/h3-6,11-13H,7-10H2,1-2H3/b6-5+. The molecule has 0 atom stereocenters. The van der Waals surface area contributed by atoms with E-state index in [2.05, 4.69) is 4.90 Å². The molecule has 28 heavy (non-hydrogen) atoms. The fourth-order valence-corrected chi connectivity index (χ4v) is 4.42. The molecular formula is C20H21N3O3S2. The molecule has 0 saturated heterocycles. The number of rotatable bonds is 6. The summed E-state index contributed by atoms with van der Waals surface area (Å²) in [6.07, 6.45) is 3.47. The largest absolute Gasteiger partial charge is 0.486 e. The number of hydrogen-bond donors (Lipinski definition) is 0. The topological polar surface area (TPSA) is 54.9 Å². The Hall–Kier alpha value is -2.42. The van der Waals surface area contributed by atoms with Gasteiger partial charge in [0.05, 0.1) is 10.2 Å². The van der Waals surface area contributed by atoms with E-state index in [1.165, 1.54) is 11.3 Å². The van der Waals surface area contributed by atoms with Gasteiger partial charge in [0.1, 0.15) is 13.2 Å². The van der Waals surface area contributed by atoms with Crippen LogP contribution in [0.1, 0.15) is 4.88 Å². The lowest BCUT2D eigenvalue weighted by Crippen LogP contribution is -2.35. The van der Waals surface area contributed by atoms with Crippen LogP contribution in [0.25, 0.3) is 16.3 Å². The van der Waals surface area contributed by atoms with Gasteiger partial charge < -0.3 is 14.4 Å². The predicted octanol–water partition coefficient (Wildman–Crippen LogP) is 3.74. The number of fused-ring (bicyclic) bond motifs is 2.